The third kappa shape index (κ3) is 4.06. The number of aliphatic hydroxyl groups is 1. The topological polar surface area (TPSA) is 20.2 Å². The molecule has 0 saturated heterocycles. The summed E-state index contributed by atoms with van der Waals surface area (Å²) in [6.45, 7) is 5.33. The van der Waals surface area contributed by atoms with Gasteiger partial charge in [-0.25, -0.2) is 4.39 Å². The molecule has 1 rings (SSSR count). The molecule has 0 aromatic heterocycles. The van der Waals surface area contributed by atoms with Gasteiger partial charge in [0.2, 0.25) is 0 Å². The fourth-order valence-electron chi connectivity index (χ4n) is 1.58. The van der Waals surface area contributed by atoms with Crippen LogP contribution in [0.3, 0.4) is 0 Å². The maximum atomic E-state index is 13.5. The Morgan fingerprint density at radius 1 is 1.56 bits per heavy atom. The second-order valence-corrected chi connectivity index (χ2v) is 5.15. The Balaban J connectivity index is 2.75. The normalized spacial score (nSPS) is 14.5. The number of halogens is 2. The molecule has 0 radical (unpaired) electrons. The molecule has 1 unspecified atom stereocenters. The van der Waals surface area contributed by atoms with Crippen molar-refractivity contribution in [3.8, 4) is 0 Å². The van der Waals surface area contributed by atoms with Gasteiger partial charge in [0.15, 0.2) is 0 Å². The van der Waals surface area contributed by atoms with Crippen molar-refractivity contribution in [2.75, 3.05) is 0 Å². The Morgan fingerprint density at radius 2 is 2.25 bits per heavy atom. The highest BCUT2D eigenvalue weighted by molar-refractivity contribution is 9.10. The average molecular weight is 287 g/mol. The van der Waals surface area contributed by atoms with Gasteiger partial charge in [-0.2, -0.15) is 0 Å². The fraction of sp³-hybridized carbons (Fsp3) is 0.385. The van der Waals surface area contributed by atoms with E-state index in [-0.39, 0.29) is 5.82 Å². The van der Waals surface area contributed by atoms with E-state index in [4.69, 9.17) is 0 Å². The molecule has 1 aromatic carbocycles. The average Bonchev–Trinajstić information content (AvgIpc) is 2.19. The van der Waals surface area contributed by atoms with Gasteiger partial charge in [0, 0.05) is 10.9 Å². The summed E-state index contributed by atoms with van der Waals surface area (Å²) in [5.41, 5.74) is -0.347. The molecule has 0 spiro atoms. The van der Waals surface area contributed by atoms with E-state index < -0.39 is 5.60 Å². The highest BCUT2D eigenvalue weighted by Gasteiger charge is 2.21. The smallest absolute Gasteiger partial charge is 0.127 e. The molecule has 1 N–H and O–H groups in total. The Morgan fingerprint density at radius 3 is 2.81 bits per heavy atom. The quantitative estimate of drug-likeness (QED) is 0.816. The van der Waals surface area contributed by atoms with Crippen molar-refractivity contribution in [1.29, 1.82) is 0 Å². The molecule has 1 atom stereocenters. The molecular formula is C13H16BrFO. The summed E-state index contributed by atoms with van der Waals surface area (Å²) in [5.74, 6) is -0.284. The molecule has 0 amide bonds. The lowest BCUT2D eigenvalue weighted by molar-refractivity contribution is 0.0514. The van der Waals surface area contributed by atoms with Crippen molar-refractivity contribution in [1.82, 2.24) is 0 Å². The third-order valence-corrected chi connectivity index (χ3v) is 2.97. The minimum Gasteiger partial charge on any atom is -0.390 e. The molecule has 88 valence electrons. The predicted octanol–water partition coefficient (Wildman–Crippen LogP) is 3.85. The first-order chi connectivity index (χ1) is 7.44. The van der Waals surface area contributed by atoms with E-state index in [1.54, 1.807) is 25.1 Å². The lowest BCUT2D eigenvalue weighted by atomic mass is 9.92. The summed E-state index contributed by atoms with van der Waals surface area (Å²) in [6.07, 6.45) is 3.39. The first kappa shape index (κ1) is 13.4. The van der Waals surface area contributed by atoms with Gasteiger partial charge in [-0.3, -0.25) is 0 Å². The highest BCUT2D eigenvalue weighted by atomic mass is 79.9. The van der Waals surface area contributed by atoms with Crippen LogP contribution >= 0.6 is 15.9 Å². The second-order valence-electron chi connectivity index (χ2n) is 4.24. The van der Waals surface area contributed by atoms with Crippen LogP contribution in [0.4, 0.5) is 4.39 Å². The number of allylic oxidation sites excluding steroid dienone is 1. The van der Waals surface area contributed by atoms with E-state index >= 15 is 0 Å². The van der Waals surface area contributed by atoms with Crippen LogP contribution < -0.4 is 0 Å². The van der Waals surface area contributed by atoms with Gasteiger partial charge >= 0.3 is 0 Å². The molecule has 0 aliphatic rings. The van der Waals surface area contributed by atoms with Gasteiger partial charge in [0.05, 0.1) is 5.60 Å². The van der Waals surface area contributed by atoms with Crippen LogP contribution in [0.15, 0.2) is 35.3 Å². The summed E-state index contributed by atoms with van der Waals surface area (Å²) in [5, 5.41) is 10.1. The maximum absolute atomic E-state index is 13.5. The Labute approximate surface area is 104 Å². The van der Waals surface area contributed by atoms with Crippen LogP contribution in [0.25, 0.3) is 0 Å². The van der Waals surface area contributed by atoms with Gasteiger partial charge in [0.25, 0.3) is 0 Å². The molecule has 16 heavy (non-hydrogen) atoms. The number of rotatable bonds is 5. The van der Waals surface area contributed by atoms with Crippen molar-refractivity contribution in [3.63, 3.8) is 0 Å². The molecule has 1 nitrogen and oxygen atoms in total. The largest absolute Gasteiger partial charge is 0.390 e. The molecule has 0 fully saturated rings. The molecule has 0 saturated carbocycles. The molecule has 0 bridgehead atoms. The van der Waals surface area contributed by atoms with Crippen LogP contribution in [-0.4, -0.2) is 10.7 Å². The van der Waals surface area contributed by atoms with E-state index in [2.05, 4.69) is 22.5 Å². The monoisotopic (exact) mass is 286 g/mol. The van der Waals surface area contributed by atoms with Crippen molar-refractivity contribution in [3.05, 3.63) is 46.7 Å². The van der Waals surface area contributed by atoms with E-state index in [0.29, 0.717) is 22.9 Å². The van der Waals surface area contributed by atoms with Gasteiger partial charge in [-0.05, 0) is 37.5 Å². The molecule has 0 aliphatic carbocycles. The highest BCUT2D eigenvalue weighted by Crippen LogP contribution is 2.22. The summed E-state index contributed by atoms with van der Waals surface area (Å²) in [4.78, 5) is 0. The van der Waals surface area contributed by atoms with Crippen molar-refractivity contribution >= 4 is 15.9 Å². The zero-order valence-electron chi connectivity index (χ0n) is 9.34. The minimum atomic E-state index is -0.886. The summed E-state index contributed by atoms with van der Waals surface area (Å²) < 4.78 is 14.2. The Kier molecular flexibility index (Phi) is 4.69. The SMILES string of the molecule is C=CCCC(C)(O)Cc1ccc(Br)cc1F. The van der Waals surface area contributed by atoms with Gasteiger partial charge in [0.1, 0.15) is 5.82 Å². The van der Waals surface area contributed by atoms with Crippen LogP contribution in [0, 0.1) is 5.82 Å². The van der Waals surface area contributed by atoms with Gasteiger partial charge in [-0.1, -0.05) is 28.1 Å². The molecule has 0 aliphatic heterocycles. The van der Waals surface area contributed by atoms with Crippen LogP contribution in [-0.2, 0) is 6.42 Å². The number of hydrogen-bond donors (Lipinski definition) is 1. The standard InChI is InChI=1S/C13H16BrFO/c1-3-4-7-13(2,16)9-10-5-6-11(14)8-12(10)15/h3,5-6,8,16H,1,4,7,9H2,2H3. The first-order valence-electron chi connectivity index (χ1n) is 5.22. The second kappa shape index (κ2) is 5.60. The number of hydrogen-bond acceptors (Lipinski definition) is 1. The molecular weight excluding hydrogens is 271 g/mol. The molecule has 0 heterocycles. The summed E-state index contributed by atoms with van der Waals surface area (Å²) in [6, 6.07) is 4.89. The lowest BCUT2D eigenvalue weighted by Gasteiger charge is -2.23. The maximum Gasteiger partial charge on any atom is 0.127 e. The van der Waals surface area contributed by atoms with Gasteiger partial charge in [-0.15, -0.1) is 6.58 Å². The van der Waals surface area contributed by atoms with E-state index in [1.807, 2.05) is 0 Å². The zero-order chi connectivity index (χ0) is 12.2. The van der Waals surface area contributed by atoms with Crippen LogP contribution in [0.1, 0.15) is 25.3 Å². The minimum absolute atomic E-state index is 0.284. The molecule has 3 heteroatoms. The fourth-order valence-corrected chi connectivity index (χ4v) is 1.91. The Bertz CT molecular complexity index is 374. The molecule has 1 aromatic rings. The predicted molar refractivity (Wildman–Crippen MR) is 67.9 cm³/mol. The number of benzene rings is 1. The van der Waals surface area contributed by atoms with E-state index in [9.17, 15) is 9.50 Å². The van der Waals surface area contributed by atoms with Crippen LogP contribution in [0.2, 0.25) is 0 Å². The van der Waals surface area contributed by atoms with Crippen molar-refractivity contribution < 1.29 is 9.50 Å². The van der Waals surface area contributed by atoms with Gasteiger partial charge < -0.3 is 5.11 Å². The Hall–Kier alpha value is -0.670. The summed E-state index contributed by atoms with van der Waals surface area (Å²) in [7, 11) is 0. The summed E-state index contributed by atoms with van der Waals surface area (Å²) >= 11 is 3.20. The zero-order valence-corrected chi connectivity index (χ0v) is 10.9. The first-order valence-corrected chi connectivity index (χ1v) is 6.01. The van der Waals surface area contributed by atoms with E-state index in [1.165, 1.54) is 6.07 Å². The van der Waals surface area contributed by atoms with Crippen LogP contribution in [0.5, 0.6) is 0 Å². The van der Waals surface area contributed by atoms with E-state index in [0.717, 1.165) is 6.42 Å². The lowest BCUT2D eigenvalue weighted by Crippen LogP contribution is -2.27. The van der Waals surface area contributed by atoms with Crippen molar-refractivity contribution in [2.24, 2.45) is 0 Å². The third-order valence-electron chi connectivity index (χ3n) is 2.47. The van der Waals surface area contributed by atoms with Crippen molar-refractivity contribution in [2.45, 2.75) is 31.8 Å².